The van der Waals surface area contributed by atoms with E-state index in [1.807, 2.05) is 77.5 Å². The molecule has 1 unspecified atom stereocenters. The average Bonchev–Trinajstić information content (AvgIpc) is 3.85. The molecule has 1 saturated heterocycles. The number of phenols is 1. The molecular formula is C41H43N7O5. The number of fused-ring (bicyclic) bond motifs is 3. The minimum absolute atomic E-state index is 0.0353. The van der Waals surface area contributed by atoms with Gasteiger partial charge in [-0.05, 0) is 84.7 Å². The molecule has 1 aliphatic heterocycles. The normalized spacial score (nSPS) is 19.1. The molecule has 0 bridgehead atoms. The fourth-order valence-electron chi connectivity index (χ4n) is 8.12. The van der Waals surface area contributed by atoms with Gasteiger partial charge in [-0.15, -0.1) is 5.10 Å². The molecule has 6 aromatic rings. The number of aryl methyl sites for hydroxylation is 1. The van der Waals surface area contributed by atoms with Gasteiger partial charge < -0.3 is 30.2 Å². The predicted molar refractivity (Wildman–Crippen MR) is 203 cm³/mol. The third-order valence-electron chi connectivity index (χ3n) is 10.7. The molecule has 1 saturated carbocycles. The Morgan fingerprint density at radius 3 is 2.57 bits per heavy atom. The molecule has 8 rings (SSSR count). The van der Waals surface area contributed by atoms with E-state index < -0.39 is 12.2 Å². The lowest BCUT2D eigenvalue weighted by molar-refractivity contribution is 0.106. The molecule has 0 spiro atoms. The zero-order valence-electron chi connectivity index (χ0n) is 29.3. The summed E-state index contributed by atoms with van der Waals surface area (Å²) in [5, 5.41) is 36.7. The number of hydrogen-bond acceptors (Lipinski definition) is 9. The summed E-state index contributed by atoms with van der Waals surface area (Å²) in [4.78, 5) is 29.8. The molecule has 1 aliphatic carbocycles. The Morgan fingerprint density at radius 1 is 0.943 bits per heavy atom. The van der Waals surface area contributed by atoms with E-state index >= 15 is 0 Å². The number of aromatic hydroxyl groups is 1. The summed E-state index contributed by atoms with van der Waals surface area (Å²) in [6.07, 6.45) is 1.47. The molecule has 12 nitrogen and oxygen atoms in total. The first-order valence-corrected chi connectivity index (χ1v) is 18.3. The van der Waals surface area contributed by atoms with Gasteiger partial charge in [0.15, 0.2) is 0 Å². The molecule has 3 heterocycles. The van der Waals surface area contributed by atoms with Crippen LogP contribution in [0, 0.1) is 11.8 Å². The Morgan fingerprint density at radius 2 is 1.74 bits per heavy atom. The van der Waals surface area contributed by atoms with E-state index in [9.17, 15) is 19.8 Å². The van der Waals surface area contributed by atoms with Crippen molar-refractivity contribution in [1.82, 2.24) is 30.2 Å². The third kappa shape index (κ3) is 7.66. The van der Waals surface area contributed by atoms with Crippen molar-refractivity contribution < 1.29 is 19.7 Å². The summed E-state index contributed by atoms with van der Waals surface area (Å²) in [6, 6.07) is 30.1. The molecule has 5 N–H and O–H groups in total. The van der Waals surface area contributed by atoms with Crippen molar-refractivity contribution in [2.75, 3.05) is 31.5 Å². The number of anilines is 1. The molecular weight excluding hydrogens is 670 g/mol. The second-order valence-corrected chi connectivity index (χ2v) is 14.2. The number of nitrogens with one attached hydrogen (secondary N) is 3. The minimum atomic E-state index is -0.834. The predicted octanol–water partition coefficient (Wildman–Crippen LogP) is 5.82. The Bertz CT molecular complexity index is 2280. The van der Waals surface area contributed by atoms with Crippen molar-refractivity contribution in [2.24, 2.45) is 11.8 Å². The highest BCUT2D eigenvalue weighted by molar-refractivity contribution is 5.91. The smallest absolute Gasteiger partial charge is 0.411 e. The zero-order valence-corrected chi connectivity index (χ0v) is 29.3. The number of para-hydroxylation sites is 1. The minimum Gasteiger partial charge on any atom is -0.506 e. The fraction of sp³-hybridized carbons (Fsp3) is 0.317. The number of aromatic amines is 1. The number of rotatable bonds is 12. The largest absolute Gasteiger partial charge is 0.506 e. The number of aromatic nitrogens is 4. The maximum absolute atomic E-state index is 12.9. The van der Waals surface area contributed by atoms with E-state index in [0.29, 0.717) is 34.8 Å². The summed E-state index contributed by atoms with van der Waals surface area (Å²) in [6.45, 7) is 4.61. The summed E-state index contributed by atoms with van der Waals surface area (Å²) >= 11 is 0. The lowest BCUT2D eigenvalue weighted by Crippen LogP contribution is -2.27. The van der Waals surface area contributed by atoms with E-state index in [2.05, 4.69) is 30.8 Å². The number of carbonyl (C=O) groups excluding carboxylic acids is 1. The number of H-pyrrole nitrogens is 1. The molecule has 53 heavy (non-hydrogen) atoms. The number of ether oxygens (including phenoxy) is 1. The van der Waals surface area contributed by atoms with Gasteiger partial charge in [-0.25, -0.2) is 9.48 Å². The van der Waals surface area contributed by atoms with Gasteiger partial charge in [0, 0.05) is 49.7 Å². The van der Waals surface area contributed by atoms with Crippen LogP contribution in [0.2, 0.25) is 0 Å². The van der Waals surface area contributed by atoms with Gasteiger partial charge in [0.1, 0.15) is 17.4 Å². The summed E-state index contributed by atoms with van der Waals surface area (Å²) in [5.41, 5.74) is 6.23. The second-order valence-electron chi connectivity index (χ2n) is 14.2. The van der Waals surface area contributed by atoms with Crippen LogP contribution >= 0.6 is 0 Å². The van der Waals surface area contributed by atoms with Gasteiger partial charge >= 0.3 is 6.09 Å². The number of pyridine rings is 1. The van der Waals surface area contributed by atoms with Gasteiger partial charge in [0.25, 0.3) is 0 Å². The van der Waals surface area contributed by atoms with Crippen molar-refractivity contribution in [3.8, 4) is 16.9 Å². The average molecular weight is 714 g/mol. The molecule has 272 valence electrons. The maximum Gasteiger partial charge on any atom is 0.411 e. The lowest BCUT2D eigenvalue weighted by atomic mass is 10.0. The summed E-state index contributed by atoms with van der Waals surface area (Å²) < 4.78 is 7.87. The highest BCUT2D eigenvalue weighted by Crippen LogP contribution is 2.40. The van der Waals surface area contributed by atoms with Gasteiger partial charge in [-0.3, -0.25) is 10.1 Å². The van der Waals surface area contributed by atoms with Crippen LogP contribution in [0.4, 0.5) is 10.5 Å². The van der Waals surface area contributed by atoms with Gasteiger partial charge in [0.05, 0.1) is 22.8 Å². The Labute approximate surface area is 306 Å². The SMILES string of the molecule is O=C(Nc1ccccc1-c1ccccc1)OC1C[C@@H]2CN(CCCn3nnc4cc(CNC[C@H](O)c5ccc(O)c6[nH]c(=O)ccc56)ccc43)C[C@@H]2C1. The van der Waals surface area contributed by atoms with Crippen LogP contribution in [0.15, 0.2) is 102 Å². The molecule has 4 aromatic carbocycles. The number of benzene rings is 4. The van der Waals surface area contributed by atoms with Crippen molar-refractivity contribution in [1.29, 1.82) is 0 Å². The van der Waals surface area contributed by atoms with Crippen LogP contribution in [0.3, 0.4) is 0 Å². The van der Waals surface area contributed by atoms with E-state index in [-0.39, 0.29) is 24.0 Å². The number of nitrogens with zero attached hydrogens (tertiary/aromatic N) is 4. The van der Waals surface area contributed by atoms with Crippen molar-refractivity contribution in [3.63, 3.8) is 0 Å². The molecule has 4 atom stereocenters. The van der Waals surface area contributed by atoms with Crippen LogP contribution < -0.4 is 16.2 Å². The van der Waals surface area contributed by atoms with Crippen molar-refractivity contribution >= 4 is 33.7 Å². The summed E-state index contributed by atoms with van der Waals surface area (Å²) in [5.74, 6) is 1.04. The van der Waals surface area contributed by atoms with E-state index in [4.69, 9.17) is 4.74 Å². The molecule has 0 radical (unpaired) electrons. The lowest BCUT2D eigenvalue weighted by Gasteiger charge is -2.19. The second kappa shape index (κ2) is 15.2. The first-order chi connectivity index (χ1) is 25.9. The summed E-state index contributed by atoms with van der Waals surface area (Å²) in [7, 11) is 0. The zero-order chi connectivity index (χ0) is 36.3. The van der Waals surface area contributed by atoms with Crippen molar-refractivity contribution in [3.05, 3.63) is 119 Å². The standard InChI is InChI=1S/C41H43N7O5/c49-37-15-12-32(33-13-16-39(51)44-40(33)37)38(50)23-42-22-26-11-14-36-35(19-26)45-46-48(36)18-6-17-47-24-28-20-30(21-29(28)25-47)53-41(52)43-34-10-5-4-9-31(34)27-7-2-1-3-8-27/h1-5,7-16,19,28-30,38,42,49-50H,6,17-18,20-25H2,(H,43,52)(H,44,51)/t28-,29+,30?,38-/m0/s1. The molecule has 2 aromatic heterocycles. The van der Waals surface area contributed by atoms with Crippen LogP contribution in [0.1, 0.15) is 36.5 Å². The van der Waals surface area contributed by atoms with E-state index in [0.717, 1.165) is 78.9 Å². The first-order valence-electron chi connectivity index (χ1n) is 18.3. The van der Waals surface area contributed by atoms with Gasteiger partial charge in [-0.2, -0.15) is 0 Å². The highest BCUT2D eigenvalue weighted by Gasteiger charge is 2.42. The van der Waals surface area contributed by atoms with Crippen molar-refractivity contribution in [2.45, 2.75) is 44.6 Å². The Kier molecular flexibility index (Phi) is 9.90. The monoisotopic (exact) mass is 713 g/mol. The van der Waals surface area contributed by atoms with Crippen LogP contribution in [0.25, 0.3) is 33.1 Å². The Hall–Kier alpha value is -5.56. The van der Waals surface area contributed by atoms with Gasteiger partial charge in [0.2, 0.25) is 5.56 Å². The third-order valence-corrected chi connectivity index (χ3v) is 10.7. The number of aliphatic hydroxyl groups is 1. The quantitative estimate of drug-likeness (QED) is 0.105. The van der Waals surface area contributed by atoms with Crippen LogP contribution in [0.5, 0.6) is 5.75 Å². The first kappa shape index (κ1) is 34.5. The Balaban J connectivity index is 0.773. The van der Waals surface area contributed by atoms with E-state index in [1.54, 1.807) is 12.1 Å². The van der Waals surface area contributed by atoms with Crippen LogP contribution in [-0.4, -0.2) is 73.5 Å². The van der Waals surface area contributed by atoms with Crippen LogP contribution in [-0.2, 0) is 17.8 Å². The van der Waals surface area contributed by atoms with E-state index in [1.165, 1.54) is 12.1 Å². The molecule has 2 fully saturated rings. The molecule has 2 aliphatic rings. The number of carbonyl (C=O) groups is 1. The molecule has 12 heteroatoms. The number of likely N-dealkylation sites (tertiary alicyclic amines) is 1. The fourth-order valence-corrected chi connectivity index (χ4v) is 8.12. The number of aliphatic hydroxyl groups excluding tert-OH is 1. The number of hydrogen-bond donors (Lipinski definition) is 5. The highest BCUT2D eigenvalue weighted by atomic mass is 16.6. The maximum atomic E-state index is 12.9. The number of amides is 1. The topological polar surface area (TPSA) is 158 Å². The number of phenolic OH excluding ortho intramolecular Hbond substituents is 1. The van der Waals surface area contributed by atoms with Gasteiger partial charge in [-0.1, -0.05) is 65.9 Å². The molecule has 1 amide bonds.